The molecule has 8 heteroatoms. The topological polar surface area (TPSA) is 127 Å². The summed E-state index contributed by atoms with van der Waals surface area (Å²) in [5, 5.41) is 2.96. The fraction of sp³-hybridized carbons (Fsp3) is 0.647. The van der Waals surface area contributed by atoms with Gasteiger partial charge >= 0.3 is 0 Å². The SMILES string of the molecule is Nc1nccnc1C(=O)NC1CCC([C@H](N)C(=O)N2CCCC2)CC1. The smallest absolute Gasteiger partial charge is 0.273 e. The number of likely N-dealkylation sites (tertiary alicyclic amines) is 1. The minimum Gasteiger partial charge on any atom is -0.382 e. The maximum atomic E-state index is 12.4. The Labute approximate surface area is 147 Å². The Bertz CT molecular complexity index is 623. The summed E-state index contributed by atoms with van der Waals surface area (Å²) < 4.78 is 0. The minimum absolute atomic E-state index is 0.0549. The van der Waals surface area contributed by atoms with Gasteiger partial charge in [-0.05, 0) is 44.4 Å². The van der Waals surface area contributed by atoms with E-state index < -0.39 is 6.04 Å². The van der Waals surface area contributed by atoms with Crippen molar-refractivity contribution >= 4 is 17.6 Å². The molecule has 2 fully saturated rings. The minimum atomic E-state index is -0.426. The highest BCUT2D eigenvalue weighted by Crippen LogP contribution is 2.28. The molecule has 0 radical (unpaired) electrons. The summed E-state index contributed by atoms with van der Waals surface area (Å²) in [6, 6.07) is -0.371. The lowest BCUT2D eigenvalue weighted by Crippen LogP contribution is -2.49. The molecule has 0 unspecified atom stereocenters. The van der Waals surface area contributed by atoms with Gasteiger partial charge in [0.05, 0.1) is 6.04 Å². The third kappa shape index (κ3) is 4.07. The number of aromatic nitrogens is 2. The first kappa shape index (κ1) is 17.6. The number of hydrogen-bond acceptors (Lipinski definition) is 6. The quantitative estimate of drug-likeness (QED) is 0.719. The van der Waals surface area contributed by atoms with Crippen molar-refractivity contribution in [3.63, 3.8) is 0 Å². The number of carbonyl (C=O) groups excluding carboxylic acids is 2. The van der Waals surface area contributed by atoms with Gasteiger partial charge in [-0.25, -0.2) is 9.97 Å². The Morgan fingerprint density at radius 2 is 1.76 bits per heavy atom. The van der Waals surface area contributed by atoms with Gasteiger partial charge in [-0.1, -0.05) is 0 Å². The van der Waals surface area contributed by atoms with E-state index in [2.05, 4.69) is 15.3 Å². The largest absolute Gasteiger partial charge is 0.382 e. The van der Waals surface area contributed by atoms with Gasteiger partial charge in [-0.3, -0.25) is 9.59 Å². The van der Waals surface area contributed by atoms with E-state index >= 15 is 0 Å². The summed E-state index contributed by atoms with van der Waals surface area (Å²) in [6.07, 6.45) is 8.32. The number of nitrogen functional groups attached to an aromatic ring is 1. The molecule has 5 N–H and O–H groups in total. The van der Waals surface area contributed by atoms with Crippen molar-refractivity contribution in [2.75, 3.05) is 18.8 Å². The van der Waals surface area contributed by atoms with Crippen LogP contribution in [-0.2, 0) is 4.79 Å². The molecule has 0 spiro atoms. The molecule has 0 bridgehead atoms. The molecule has 1 aliphatic heterocycles. The van der Waals surface area contributed by atoms with Crippen LogP contribution in [0.1, 0.15) is 49.0 Å². The fourth-order valence-electron chi connectivity index (χ4n) is 3.75. The van der Waals surface area contributed by atoms with Gasteiger partial charge in [0, 0.05) is 31.5 Å². The van der Waals surface area contributed by atoms with Crippen LogP contribution in [0.2, 0.25) is 0 Å². The summed E-state index contributed by atoms with van der Waals surface area (Å²) in [4.78, 5) is 34.4. The molecule has 1 saturated carbocycles. The van der Waals surface area contributed by atoms with Crippen LogP contribution in [0.25, 0.3) is 0 Å². The van der Waals surface area contributed by atoms with Crippen molar-refractivity contribution in [1.29, 1.82) is 0 Å². The van der Waals surface area contributed by atoms with E-state index in [1.54, 1.807) is 0 Å². The lowest BCUT2D eigenvalue weighted by Gasteiger charge is -2.33. The van der Waals surface area contributed by atoms with Gasteiger partial charge in [-0.2, -0.15) is 0 Å². The van der Waals surface area contributed by atoms with Crippen LogP contribution in [-0.4, -0.2) is 51.9 Å². The maximum absolute atomic E-state index is 12.4. The zero-order valence-electron chi connectivity index (χ0n) is 14.4. The molecule has 136 valence electrons. The molecule has 2 heterocycles. The molecular weight excluding hydrogens is 320 g/mol. The molecule has 8 nitrogen and oxygen atoms in total. The molecule has 1 aromatic heterocycles. The average Bonchev–Trinajstić information content (AvgIpc) is 3.16. The highest BCUT2D eigenvalue weighted by molar-refractivity contribution is 5.96. The number of amides is 2. The zero-order valence-corrected chi connectivity index (χ0v) is 14.4. The summed E-state index contributed by atoms with van der Waals surface area (Å²) in [5.41, 5.74) is 12.1. The average molecular weight is 346 g/mol. The van der Waals surface area contributed by atoms with Crippen molar-refractivity contribution in [2.45, 2.75) is 50.6 Å². The summed E-state index contributed by atoms with van der Waals surface area (Å²) >= 11 is 0. The molecule has 1 saturated heterocycles. The maximum Gasteiger partial charge on any atom is 0.273 e. The molecule has 2 aliphatic rings. The highest BCUT2D eigenvalue weighted by atomic mass is 16.2. The number of rotatable bonds is 4. The Morgan fingerprint density at radius 1 is 1.12 bits per heavy atom. The van der Waals surface area contributed by atoms with Gasteiger partial charge in [0.25, 0.3) is 5.91 Å². The van der Waals surface area contributed by atoms with Crippen LogP contribution in [0.5, 0.6) is 0 Å². The normalized spacial score (nSPS) is 24.8. The van der Waals surface area contributed by atoms with Gasteiger partial charge in [0.1, 0.15) is 0 Å². The Hall–Kier alpha value is -2.22. The molecule has 1 aliphatic carbocycles. The van der Waals surface area contributed by atoms with E-state index in [1.165, 1.54) is 12.4 Å². The summed E-state index contributed by atoms with van der Waals surface area (Å²) in [7, 11) is 0. The second kappa shape index (κ2) is 7.77. The molecular formula is C17H26N6O2. The first-order valence-electron chi connectivity index (χ1n) is 8.98. The molecule has 25 heavy (non-hydrogen) atoms. The Balaban J connectivity index is 1.49. The predicted octanol–water partition coefficient (Wildman–Crippen LogP) is 0.297. The number of nitrogens with one attached hydrogen (secondary N) is 1. The van der Waals surface area contributed by atoms with E-state index in [4.69, 9.17) is 11.5 Å². The first-order valence-corrected chi connectivity index (χ1v) is 8.98. The Kier molecular flexibility index (Phi) is 5.47. The van der Waals surface area contributed by atoms with Crippen molar-refractivity contribution in [2.24, 2.45) is 11.7 Å². The highest BCUT2D eigenvalue weighted by Gasteiger charge is 2.33. The van der Waals surface area contributed by atoms with Gasteiger partial charge < -0.3 is 21.7 Å². The second-order valence-electron chi connectivity index (χ2n) is 6.93. The van der Waals surface area contributed by atoms with Gasteiger partial charge in [-0.15, -0.1) is 0 Å². The number of carbonyl (C=O) groups is 2. The van der Waals surface area contributed by atoms with Crippen molar-refractivity contribution in [1.82, 2.24) is 20.2 Å². The first-order chi connectivity index (χ1) is 12.1. The van der Waals surface area contributed by atoms with Crippen LogP contribution in [0.15, 0.2) is 12.4 Å². The second-order valence-corrected chi connectivity index (χ2v) is 6.93. The lowest BCUT2D eigenvalue weighted by molar-refractivity contribution is -0.133. The lowest BCUT2D eigenvalue weighted by atomic mass is 9.81. The van der Waals surface area contributed by atoms with Gasteiger partial charge in [0.2, 0.25) is 5.91 Å². The third-order valence-electron chi connectivity index (χ3n) is 5.26. The predicted molar refractivity (Wildman–Crippen MR) is 93.4 cm³/mol. The van der Waals surface area contributed by atoms with Crippen LogP contribution < -0.4 is 16.8 Å². The molecule has 0 aromatic carbocycles. The van der Waals surface area contributed by atoms with E-state index in [-0.39, 0.29) is 35.3 Å². The van der Waals surface area contributed by atoms with Crippen LogP contribution in [0.4, 0.5) is 5.82 Å². The number of hydrogen-bond donors (Lipinski definition) is 3. The fourth-order valence-corrected chi connectivity index (χ4v) is 3.75. The van der Waals surface area contributed by atoms with E-state index in [0.29, 0.717) is 0 Å². The molecule has 2 amide bonds. The van der Waals surface area contributed by atoms with Crippen molar-refractivity contribution in [3.8, 4) is 0 Å². The van der Waals surface area contributed by atoms with Crippen molar-refractivity contribution in [3.05, 3.63) is 18.1 Å². The van der Waals surface area contributed by atoms with Crippen LogP contribution in [0.3, 0.4) is 0 Å². The van der Waals surface area contributed by atoms with Crippen LogP contribution in [0, 0.1) is 5.92 Å². The monoisotopic (exact) mass is 346 g/mol. The van der Waals surface area contributed by atoms with Crippen LogP contribution >= 0.6 is 0 Å². The molecule has 1 aromatic rings. The summed E-state index contributed by atoms with van der Waals surface area (Å²) in [6.45, 7) is 1.66. The Morgan fingerprint density at radius 3 is 2.40 bits per heavy atom. The van der Waals surface area contributed by atoms with Crippen molar-refractivity contribution < 1.29 is 9.59 Å². The van der Waals surface area contributed by atoms with E-state index in [0.717, 1.165) is 51.6 Å². The van der Waals surface area contributed by atoms with E-state index in [1.807, 2.05) is 4.90 Å². The molecule has 3 rings (SSSR count). The zero-order chi connectivity index (χ0) is 17.8. The molecule has 1 atom stereocenters. The number of nitrogens with two attached hydrogens (primary N) is 2. The number of anilines is 1. The summed E-state index contributed by atoms with van der Waals surface area (Å²) in [5.74, 6) is 0.0959. The standard InChI is InChI=1S/C17H26N6O2/c18-13(17(25)23-9-1-2-10-23)11-3-5-12(6-4-11)22-16(24)14-15(19)21-8-7-20-14/h7-8,11-13H,1-6,9-10,18H2,(H2,19,21)(H,22,24)/t11?,12?,13-/m0/s1. The van der Waals surface area contributed by atoms with E-state index in [9.17, 15) is 9.59 Å². The third-order valence-corrected chi connectivity index (χ3v) is 5.26. The number of nitrogens with zero attached hydrogens (tertiary/aromatic N) is 3. The van der Waals surface area contributed by atoms with Gasteiger partial charge in [0.15, 0.2) is 11.5 Å².